The van der Waals surface area contributed by atoms with Gasteiger partial charge in [0.2, 0.25) is 0 Å². The zero-order valence-electron chi connectivity index (χ0n) is 24.7. The molecule has 1 unspecified atom stereocenters. The fourth-order valence-corrected chi connectivity index (χ4v) is 7.02. The van der Waals surface area contributed by atoms with Crippen LogP contribution in [0.15, 0.2) is 76.5 Å². The average molecular weight is 602 g/mol. The van der Waals surface area contributed by atoms with Crippen LogP contribution in [0.1, 0.15) is 55.6 Å². The Morgan fingerprint density at radius 2 is 1.83 bits per heavy atom. The molecule has 8 heteroatoms. The van der Waals surface area contributed by atoms with Crippen molar-refractivity contribution in [1.82, 2.24) is 0 Å². The van der Waals surface area contributed by atoms with Gasteiger partial charge in [-0.2, -0.15) is 0 Å². The number of rotatable bonds is 8. The molecule has 2 aliphatic rings. The number of carbonyl (C=O) groups is 2. The van der Waals surface area contributed by atoms with Gasteiger partial charge in [0.1, 0.15) is 18.1 Å². The first-order valence-electron chi connectivity index (χ1n) is 13.8. The summed E-state index contributed by atoms with van der Waals surface area (Å²) in [5, 5.41) is 3.97. The molecule has 2 heterocycles. The molecular weight excluding hydrogens is 567 g/mol. The van der Waals surface area contributed by atoms with E-state index in [9.17, 15) is 9.59 Å². The Kier molecular flexibility index (Phi) is 8.76. The SMILES string of the molecule is COc1cc(OC(=O)c2ccccc2SC)ccc1-c1ccc2c(c1COC(=O)C1=CCC(C)S1)C(C)=CC(C)(C)N2. The normalized spacial score (nSPS) is 17.0. The summed E-state index contributed by atoms with van der Waals surface area (Å²) in [6, 6.07) is 16.8. The second-order valence-electron chi connectivity index (χ2n) is 10.9. The number of allylic oxidation sites excluding steroid dienone is 2. The van der Waals surface area contributed by atoms with Crippen LogP contribution in [0.3, 0.4) is 0 Å². The van der Waals surface area contributed by atoms with E-state index in [0.717, 1.165) is 44.8 Å². The number of fused-ring (bicyclic) bond motifs is 1. The van der Waals surface area contributed by atoms with Crippen molar-refractivity contribution in [2.24, 2.45) is 0 Å². The molecule has 0 fully saturated rings. The van der Waals surface area contributed by atoms with Crippen LogP contribution in [0.2, 0.25) is 0 Å². The largest absolute Gasteiger partial charge is 0.496 e. The van der Waals surface area contributed by atoms with Crippen molar-refractivity contribution >= 4 is 46.7 Å². The summed E-state index contributed by atoms with van der Waals surface area (Å²) in [5.41, 5.74) is 5.94. The molecule has 0 bridgehead atoms. The van der Waals surface area contributed by atoms with Crippen LogP contribution in [-0.2, 0) is 16.1 Å². The average Bonchev–Trinajstić information content (AvgIpc) is 3.41. The topological polar surface area (TPSA) is 73.9 Å². The van der Waals surface area contributed by atoms with Crippen molar-refractivity contribution in [1.29, 1.82) is 0 Å². The maximum absolute atomic E-state index is 13.0. The first-order chi connectivity index (χ1) is 20.1. The fraction of sp³-hybridized carbons (Fsp3) is 0.294. The molecule has 0 amide bonds. The van der Waals surface area contributed by atoms with Crippen LogP contribution in [0, 0.1) is 0 Å². The van der Waals surface area contributed by atoms with E-state index >= 15 is 0 Å². The molecule has 3 aromatic rings. The number of anilines is 1. The van der Waals surface area contributed by atoms with Gasteiger partial charge in [0.25, 0.3) is 0 Å². The lowest BCUT2D eigenvalue weighted by molar-refractivity contribution is -0.139. The number of carbonyl (C=O) groups excluding carboxylic acids is 2. The monoisotopic (exact) mass is 601 g/mol. The molecule has 2 aliphatic heterocycles. The Bertz CT molecular complexity index is 1610. The van der Waals surface area contributed by atoms with Gasteiger partial charge in [0, 0.05) is 38.6 Å². The van der Waals surface area contributed by atoms with Gasteiger partial charge >= 0.3 is 11.9 Å². The molecule has 3 aromatic carbocycles. The van der Waals surface area contributed by atoms with E-state index in [1.54, 1.807) is 37.1 Å². The minimum Gasteiger partial charge on any atom is -0.496 e. The number of hydrogen-bond acceptors (Lipinski definition) is 8. The van der Waals surface area contributed by atoms with Crippen molar-refractivity contribution in [3.8, 4) is 22.6 Å². The molecule has 1 N–H and O–H groups in total. The summed E-state index contributed by atoms with van der Waals surface area (Å²) in [6.07, 6.45) is 6.93. The second-order valence-corrected chi connectivity index (χ2v) is 13.3. The van der Waals surface area contributed by atoms with Crippen LogP contribution < -0.4 is 14.8 Å². The third-order valence-electron chi connectivity index (χ3n) is 7.25. The van der Waals surface area contributed by atoms with Crippen molar-refractivity contribution in [2.75, 3.05) is 18.7 Å². The van der Waals surface area contributed by atoms with E-state index < -0.39 is 5.97 Å². The van der Waals surface area contributed by atoms with Gasteiger partial charge in [-0.25, -0.2) is 9.59 Å². The highest BCUT2D eigenvalue weighted by atomic mass is 32.2. The van der Waals surface area contributed by atoms with Crippen LogP contribution in [0.25, 0.3) is 16.7 Å². The minimum absolute atomic E-state index is 0.0995. The number of thioether (sulfide) groups is 2. The van der Waals surface area contributed by atoms with Crippen LogP contribution in [0.4, 0.5) is 5.69 Å². The Morgan fingerprint density at radius 1 is 1.07 bits per heavy atom. The third kappa shape index (κ3) is 6.25. The number of hydrogen-bond donors (Lipinski definition) is 1. The van der Waals surface area contributed by atoms with E-state index in [0.29, 0.717) is 27.2 Å². The number of esters is 2. The van der Waals surface area contributed by atoms with Crippen LogP contribution in [-0.4, -0.2) is 36.1 Å². The third-order valence-corrected chi connectivity index (χ3v) is 9.23. The van der Waals surface area contributed by atoms with Gasteiger partial charge in [-0.3, -0.25) is 0 Å². The first kappa shape index (κ1) is 29.9. The molecule has 0 aromatic heterocycles. The minimum atomic E-state index is -0.431. The van der Waals surface area contributed by atoms with Crippen LogP contribution in [0.5, 0.6) is 11.5 Å². The van der Waals surface area contributed by atoms with Gasteiger partial charge in [-0.05, 0) is 74.9 Å². The number of methoxy groups -OCH3 is 1. The maximum atomic E-state index is 13.0. The highest BCUT2D eigenvalue weighted by Crippen LogP contribution is 2.44. The molecule has 0 saturated carbocycles. The maximum Gasteiger partial charge on any atom is 0.344 e. The number of benzene rings is 3. The van der Waals surface area contributed by atoms with Crippen molar-refractivity contribution < 1.29 is 23.8 Å². The molecule has 218 valence electrons. The van der Waals surface area contributed by atoms with E-state index in [1.165, 1.54) is 11.8 Å². The molecule has 0 radical (unpaired) electrons. The highest BCUT2D eigenvalue weighted by Gasteiger charge is 2.28. The molecule has 0 saturated heterocycles. The molecular formula is C34H35NO5S2. The molecule has 5 rings (SSSR count). The zero-order valence-corrected chi connectivity index (χ0v) is 26.3. The molecule has 6 nitrogen and oxygen atoms in total. The van der Waals surface area contributed by atoms with E-state index in [4.69, 9.17) is 14.2 Å². The molecule has 1 atom stereocenters. The van der Waals surface area contributed by atoms with Gasteiger partial charge in [-0.15, -0.1) is 23.5 Å². The second kappa shape index (κ2) is 12.3. The van der Waals surface area contributed by atoms with E-state index in [-0.39, 0.29) is 18.1 Å². The lowest BCUT2D eigenvalue weighted by Crippen LogP contribution is -2.32. The van der Waals surface area contributed by atoms with E-state index in [1.807, 2.05) is 42.7 Å². The molecule has 0 aliphatic carbocycles. The Labute approximate surface area is 255 Å². The molecule has 0 spiro atoms. The first-order valence-corrected chi connectivity index (χ1v) is 15.9. The van der Waals surface area contributed by atoms with Crippen molar-refractivity contribution in [3.05, 3.63) is 88.3 Å². The summed E-state index contributed by atoms with van der Waals surface area (Å²) in [4.78, 5) is 27.5. The Morgan fingerprint density at radius 3 is 2.55 bits per heavy atom. The number of ether oxygens (including phenoxy) is 3. The predicted octanol–water partition coefficient (Wildman–Crippen LogP) is 8.36. The van der Waals surface area contributed by atoms with Crippen LogP contribution >= 0.6 is 23.5 Å². The lowest BCUT2D eigenvalue weighted by atomic mass is 9.85. The zero-order chi connectivity index (χ0) is 30.0. The van der Waals surface area contributed by atoms with Crippen molar-refractivity contribution in [2.45, 2.75) is 56.4 Å². The summed E-state index contributed by atoms with van der Waals surface area (Å²) in [6.45, 7) is 8.53. The Hall–Kier alpha value is -3.62. The van der Waals surface area contributed by atoms with Gasteiger partial charge in [-0.1, -0.05) is 37.3 Å². The fourth-order valence-electron chi connectivity index (χ4n) is 5.46. The summed E-state index contributed by atoms with van der Waals surface area (Å²) in [7, 11) is 1.59. The Balaban J connectivity index is 1.51. The highest BCUT2D eigenvalue weighted by molar-refractivity contribution is 8.04. The molecule has 42 heavy (non-hydrogen) atoms. The standard InChI is InChI=1S/C34H35NO5S2/c1-20-18-34(3,4)35-27-15-14-23(26(31(20)27)19-39-33(37)30-16-11-21(2)42-30)24-13-12-22(17-28(24)38-5)40-32(36)25-9-7-8-10-29(25)41-6/h7-10,12-18,21,35H,11,19H2,1-6H3. The van der Waals surface area contributed by atoms with Gasteiger partial charge < -0.3 is 19.5 Å². The summed E-state index contributed by atoms with van der Waals surface area (Å²) in [5.74, 6) is 0.179. The summed E-state index contributed by atoms with van der Waals surface area (Å²) >= 11 is 3.04. The number of nitrogens with one attached hydrogen (secondary N) is 1. The quantitative estimate of drug-likeness (QED) is 0.157. The predicted molar refractivity (Wildman–Crippen MR) is 173 cm³/mol. The lowest BCUT2D eigenvalue weighted by Gasteiger charge is -2.33. The van der Waals surface area contributed by atoms with Crippen molar-refractivity contribution in [3.63, 3.8) is 0 Å². The van der Waals surface area contributed by atoms with E-state index in [2.05, 4.69) is 45.2 Å². The van der Waals surface area contributed by atoms with Gasteiger partial charge in [0.15, 0.2) is 0 Å². The smallest absolute Gasteiger partial charge is 0.344 e. The summed E-state index contributed by atoms with van der Waals surface area (Å²) < 4.78 is 17.5. The van der Waals surface area contributed by atoms with Gasteiger partial charge in [0.05, 0.1) is 23.1 Å².